The number of thiophene rings is 1. The lowest BCUT2D eigenvalue weighted by Crippen LogP contribution is -2.02. The third kappa shape index (κ3) is 2.94. The molecule has 10 heteroatoms. The second kappa shape index (κ2) is 6.49. The average Bonchev–Trinajstić information content (AvgIpc) is 3.40. The third-order valence-corrected chi connectivity index (χ3v) is 5.20. The quantitative estimate of drug-likeness (QED) is 0.496. The van der Waals surface area contributed by atoms with Crippen molar-refractivity contribution in [2.45, 2.75) is 13.1 Å². The van der Waals surface area contributed by atoms with Gasteiger partial charge < -0.3 is 5.11 Å². The molecule has 5 aromatic heterocycles. The molecular formula is C17H14N8OS. The van der Waals surface area contributed by atoms with E-state index in [0.29, 0.717) is 30.1 Å². The molecule has 134 valence electrons. The third-order valence-electron chi connectivity index (χ3n) is 4.13. The summed E-state index contributed by atoms with van der Waals surface area (Å²) < 4.78 is 4.55. The van der Waals surface area contributed by atoms with Crippen molar-refractivity contribution in [3.8, 4) is 11.3 Å². The normalized spacial score (nSPS) is 11.6. The maximum atomic E-state index is 9.03. The first-order chi connectivity index (χ1) is 13.3. The van der Waals surface area contributed by atoms with Crippen molar-refractivity contribution in [3.63, 3.8) is 0 Å². The minimum Gasteiger partial charge on any atom is -0.394 e. The summed E-state index contributed by atoms with van der Waals surface area (Å²) in [5, 5.41) is 21.6. The monoisotopic (exact) mass is 378 g/mol. The first-order valence-electron chi connectivity index (χ1n) is 8.33. The molecule has 0 saturated carbocycles. The maximum absolute atomic E-state index is 9.03. The molecule has 0 aliphatic heterocycles. The Labute approximate surface area is 156 Å². The fourth-order valence-electron chi connectivity index (χ4n) is 2.87. The number of aliphatic hydroxyl groups excluding tert-OH is 1. The van der Waals surface area contributed by atoms with Gasteiger partial charge in [-0.05, 0) is 18.2 Å². The van der Waals surface area contributed by atoms with Crippen LogP contribution in [0.15, 0.2) is 43.0 Å². The number of hydrogen-bond donors (Lipinski definition) is 1. The lowest BCUT2D eigenvalue weighted by Gasteiger charge is -2.00. The Hall–Kier alpha value is -3.24. The molecule has 0 radical (unpaired) electrons. The van der Waals surface area contributed by atoms with Crippen molar-refractivity contribution in [2.24, 2.45) is 0 Å². The smallest absolute Gasteiger partial charge is 0.221 e. The van der Waals surface area contributed by atoms with E-state index in [0.717, 1.165) is 20.7 Å². The molecule has 5 aromatic rings. The first-order valence-corrected chi connectivity index (χ1v) is 9.15. The molecular weight excluding hydrogens is 364 g/mol. The number of pyridine rings is 1. The van der Waals surface area contributed by atoms with E-state index >= 15 is 0 Å². The summed E-state index contributed by atoms with van der Waals surface area (Å²) in [7, 11) is 0. The van der Waals surface area contributed by atoms with Crippen LogP contribution in [-0.4, -0.2) is 51.4 Å². The van der Waals surface area contributed by atoms with Crippen LogP contribution >= 0.6 is 11.3 Å². The van der Waals surface area contributed by atoms with Gasteiger partial charge in [0.15, 0.2) is 5.65 Å². The topological polar surface area (TPSA) is 107 Å². The van der Waals surface area contributed by atoms with Crippen LogP contribution in [-0.2, 0) is 13.1 Å². The molecule has 0 bridgehead atoms. The largest absolute Gasteiger partial charge is 0.394 e. The minimum absolute atomic E-state index is 0.0343. The van der Waals surface area contributed by atoms with Crippen LogP contribution < -0.4 is 0 Å². The molecule has 27 heavy (non-hydrogen) atoms. The SMILES string of the molecule is OCCn1cc(-c2cnc3nnn(Cc4cc5ncccc5s4)c3n2)cn1. The highest BCUT2D eigenvalue weighted by Gasteiger charge is 2.13. The summed E-state index contributed by atoms with van der Waals surface area (Å²) in [5.41, 5.74) is 3.61. The molecule has 0 spiro atoms. The van der Waals surface area contributed by atoms with Crippen LogP contribution in [0.3, 0.4) is 0 Å². The first kappa shape index (κ1) is 16.0. The standard InChI is InChI=1S/C17H14N8OS/c26-5-4-24-9-11(7-20-24)14-8-19-16-17(21-14)25(23-22-16)10-12-6-13-15(27-12)2-1-3-18-13/h1-3,6-9,26H,4-5,10H2. The lowest BCUT2D eigenvalue weighted by molar-refractivity contribution is 0.269. The van der Waals surface area contributed by atoms with E-state index in [4.69, 9.17) is 5.11 Å². The van der Waals surface area contributed by atoms with Crippen molar-refractivity contribution < 1.29 is 5.11 Å². The van der Waals surface area contributed by atoms with Gasteiger partial charge in [-0.3, -0.25) is 9.67 Å². The van der Waals surface area contributed by atoms with E-state index < -0.39 is 0 Å². The molecule has 5 rings (SSSR count). The molecule has 0 aromatic carbocycles. The van der Waals surface area contributed by atoms with E-state index in [9.17, 15) is 0 Å². The van der Waals surface area contributed by atoms with Gasteiger partial charge in [-0.1, -0.05) is 5.21 Å². The van der Waals surface area contributed by atoms with Crippen LogP contribution in [0.25, 0.3) is 32.8 Å². The zero-order valence-electron chi connectivity index (χ0n) is 14.1. The summed E-state index contributed by atoms with van der Waals surface area (Å²) in [6.45, 7) is 1.03. The molecule has 1 N–H and O–H groups in total. The van der Waals surface area contributed by atoms with Gasteiger partial charge in [0.1, 0.15) is 0 Å². The number of aromatic nitrogens is 8. The van der Waals surface area contributed by atoms with Gasteiger partial charge in [0.25, 0.3) is 0 Å². The molecule has 0 unspecified atom stereocenters. The number of aliphatic hydroxyl groups is 1. The van der Waals surface area contributed by atoms with Crippen molar-refractivity contribution >= 4 is 32.8 Å². The summed E-state index contributed by atoms with van der Waals surface area (Å²) >= 11 is 1.68. The second-order valence-electron chi connectivity index (χ2n) is 5.96. The van der Waals surface area contributed by atoms with Gasteiger partial charge in [0.2, 0.25) is 5.65 Å². The molecule has 0 amide bonds. The van der Waals surface area contributed by atoms with Crippen LogP contribution in [0.1, 0.15) is 4.88 Å². The predicted molar refractivity (Wildman–Crippen MR) is 100 cm³/mol. The zero-order valence-corrected chi connectivity index (χ0v) is 14.9. The molecule has 0 fully saturated rings. The number of rotatable bonds is 5. The molecule has 9 nitrogen and oxygen atoms in total. The van der Waals surface area contributed by atoms with E-state index in [2.05, 4.69) is 42.5 Å². The van der Waals surface area contributed by atoms with Crippen molar-refractivity contribution in [2.75, 3.05) is 6.61 Å². The highest BCUT2D eigenvalue weighted by molar-refractivity contribution is 7.19. The van der Waals surface area contributed by atoms with E-state index in [1.807, 2.05) is 12.3 Å². The highest BCUT2D eigenvalue weighted by atomic mass is 32.1. The van der Waals surface area contributed by atoms with Crippen LogP contribution in [0.5, 0.6) is 0 Å². The summed E-state index contributed by atoms with van der Waals surface area (Å²) in [6, 6.07) is 6.05. The fraction of sp³-hybridized carbons (Fsp3) is 0.176. The number of fused-ring (bicyclic) bond motifs is 2. The van der Waals surface area contributed by atoms with Gasteiger partial charge in [-0.25, -0.2) is 14.6 Å². The maximum Gasteiger partial charge on any atom is 0.221 e. The average molecular weight is 378 g/mol. The Balaban J connectivity index is 1.50. The second-order valence-corrected chi connectivity index (χ2v) is 7.13. The van der Waals surface area contributed by atoms with Gasteiger partial charge in [-0.15, -0.1) is 16.4 Å². The number of nitrogens with zero attached hydrogens (tertiary/aromatic N) is 8. The fourth-order valence-corrected chi connectivity index (χ4v) is 3.87. The molecule has 0 atom stereocenters. The van der Waals surface area contributed by atoms with Gasteiger partial charge >= 0.3 is 0 Å². The Morgan fingerprint density at radius 1 is 1.19 bits per heavy atom. The van der Waals surface area contributed by atoms with Crippen LogP contribution in [0.4, 0.5) is 0 Å². The molecule has 5 heterocycles. The van der Waals surface area contributed by atoms with Crippen LogP contribution in [0.2, 0.25) is 0 Å². The Morgan fingerprint density at radius 2 is 2.15 bits per heavy atom. The van der Waals surface area contributed by atoms with E-state index in [-0.39, 0.29) is 6.61 Å². The number of hydrogen-bond acceptors (Lipinski definition) is 8. The lowest BCUT2D eigenvalue weighted by atomic mass is 10.3. The predicted octanol–water partition coefficient (Wildman–Crippen LogP) is 1.74. The van der Waals surface area contributed by atoms with Crippen LogP contribution in [0, 0.1) is 0 Å². The van der Waals surface area contributed by atoms with Crippen molar-refractivity contribution in [1.29, 1.82) is 0 Å². The summed E-state index contributed by atoms with van der Waals surface area (Å²) in [4.78, 5) is 14.5. The van der Waals surface area contributed by atoms with Crippen molar-refractivity contribution in [1.82, 2.24) is 39.7 Å². The summed E-state index contributed by atoms with van der Waals surface area (Å²) in [5.74, 6) is 0. The minimum atomic E-state index is 0.0343. The zero-order chi connectivity index (χ0) is 18.2. The molecule has 0 aliphatic rings. The van der Waals surface area contributed by atoms with E-state index in [1.165, 1.54) is 0 Å². The van der Waals surface area contributed by atoms with Gasteiger partial charge in [0, 0.05) is 22.8 Å². The Bertz CT molecular complexity index is 1210. The van der Waals surface area contributed by atoms with E-state index in [1.54, 1.807) is 39.3 Å². The highest BCUT2D eigenvalue weighted by Crippen LogP contribution is 2.25. The molecule has 0 saturated heterocycles. The van der Waals surface area contributed by atoms with Gasteiger partial charge in [-0.2, -0.15) is 5.10 Å². The Kier molecular flexibility index (Phi) is 3.84. The van der Waals surface area contributed by atoms with Crippen molar-refractivity contribution in [3.05, 3.63) is 47.9 Å². The van der Waals surface area contributed by atoms with Gasteiger partial charge in [0.05, 0.1) is 48.0 Å². The molecule has 0 aliphatic carbocycles. The summed E-state index contributed by atoms with van der Waals surface area (Å²) in [6.07, 6.45) is 6.98. The Morgan fingerprint density at radius 3 is 3.04 bits per heavy atom.